The van der Waals surface area contributed by atoms with E-state index in [1.54, 1.807) is 0 Å². The first-order valence-electron chi connectivity index (χ1n) is 6.57. The zero-order valence-corrected chi connectivity index (χ0v) is 13.5. The first kappa shape index (κ1) is 13.8. The summed E-state index contributed by atoms with van der Waals surface area (Å²) in [6.07, 6.45) is 0.945. The van der Waals surface area contributed by atoms with Gasteiger partial charge < -0.3 is 10.1 Å². The van der Waals surface area contributed by atoms with Crippen LogP contribution < -0.4 is 10.1 Å². The first-order valence-corrected chi connectivity index (χ1v) is 7.75. The van der Waals surface area contributed by atoms with Crippen molar-refractivity contribution in [3.05, 3.63) is 56.5 Å². The van der Waals surface area contributed by atoms with Crippen LogP contribution in [-0.2, 0) is 13.0 Å². The molecule has 2 aromatic carbocycles. The first-order chi connectivity index (χ1) is 9.63. The van der Waals surface area contributed by atoms with Gasteiger partial charge in [0.05, 0.1) is 6.61 Å². The Balaban J connectivity index is 1.80. The molecule has 0 radical (unpaired) electrons. The monoisotopic (exact) mass is 351 g/mol. The van der Waals surface area contributed by atoms with Crippen molar-refractivity contribution >= 4 is 33.2 Å². The molecule has 0 aliphatic carbocycles. The molecule has 0 unspecified atom stereocenters. The Morgan fingerprint density at radius 3 is 2.95 bits per heavy atom. The summed E-state index contributed by atoms with van der Waals surface area (Å²) in [6, 6.07) is 10.2. The SMILES string of the molecule is Cc1cc(NCc2cc(Cl)cc3c2OCC3)ccc1Br. The molecule has 20 heavy (non-hydrogen) atoms. The molecule has 1 N–H and O–H groups in total. The lowest BCUT2D eigenvalue weighted by atomic mass is 10.1. The Bertz CT molecular complexity index is 657. The molecule has 0 amide bonds. The van der Waals surface area contributed by atoms with Crippen molar-refractivity contribution in [3.8, 4) is 5.75 Å². The number of hydrogen-bond acceptors (Lipinski definition) is 2. The van der Waals surface area contributed by atoms with Crippen molar-refractivity contribution in [1.29, 1.82) is 0 Å². The van der Waals surface area contributed by atoms with Gasteiger partial charge in [-0.2, -0.15) is 0 Å². The van der Waals surface area contributed by atoms with Crippen molar-refractivity contribution in [2.45, 2.75) is 19.9 Å². The highest BCUT2D eigenvalue weighted by molar-refractivity contribution is 9.10. The lowest BCUT2D eigenvalue weighted by molar-refractivity contribution is 0.354. The molecule has 0 bridgehead atoms. The molecule has 104 valence electrons. The second-order valence-electron chi connectivity index (χ2n) is 4.97. The normalized spacial score (nSPS) is 12.9. The van der Waals surface area contributed by atoms with Crippen LogP contribution in [0.25, 0.3) is 0 Å². The number of aryl methyl sites for hydroxylation is 1. The van der Waals surface area contributed by atoms with Crippen LogP contribution in [0.5, 0.6) is 5.75 Å². The largest absolute Gasteiger partial charge is 0.493 e. The van der Waals surface area contributed by atoms with E-state index in [0.29, 0.717) is 6.54 Å². The van der Waals surface area contributed by atoms with Crippen molar-refractivity contribution in [3.63, 3.8) is 0 Å². The highest BCUT2D eigenvalue weighted by Gasteiger charge is 2.17. The van der Waals surface area contributed by atoms with E-state index in [1.165, 1.54) is 11.1 Å². The fourth-order valence-electron chi connectivity index (χ4n) is 2.43. The molecule has 2 aromatic rings. The second-order valence-corrected chi connectivity index (χ2v) is 6.26. The van der Waals surface area contributed by atoms with Gasteiger partial charge in [-0.3, -0.25) is 0 Å². The van der Waals surface area contributed by atoms with Gasteiger partial charge in [-0.25, -0.2) is 0 Å². The maximum Gasteiger partial charge on any atom is 0.127 e. The van der Waals surface area contributed by atoms with Gasteiger partial charge in [0, 0.05) is 33.7 Å². The van der Waals surface area contributed by atoms with Gasteiger partial charge in [-0.1, -0.05) is 27.5 Å². The van der Waals surface area contributed by atoms with Crippen LogP contribution in [0.1, 0.15) is 16.7 Å². The van der Waals surface area contributed by atoms with Crippen molar-refractivity contribution in [2.75, 3.05) is 11.9 Å². The molecule has 1 aliphatic heterocycles. The molecule has 0 aromatic heterocycles. The minimum Gasteiger partial charge on any atom is -0.493 e. The number of fused-ring (bicyclic) bond motifs is 1. The molecule has 4 heteroatoms. The number of anilines is 1. The predicted molar refractivity (Wildman–Crippen MR) is 86.9 cm³/mol. The molecule has 0 saturated heterocycles. The van der Waals surface area contributed by atoms with Gasteiger partial charge in [-0.15, -0.1) is 0 Å². The zero-order chi connectivity index (χ0) is 14.1. The van der Waals surface area contributed by atoms with E-state index in [2.05, 4.69) is 46.4 Å². The molecular formula is C16H15BrClNO. The fourth-order valence-corrected chi connectivity index (χ4v) is 2.94. The molecule has 1 heterocycles. The third-order valence-corrected chi connectivity index (χ3v) is 4.57. The Hall–Kier alpha value is -1.19. The van der Waals surface area contributed by atoms with E-state index in [1.807, 2.05) is 12.1 Å². The average molecular weight is 353 g/mol. The third kappa shape index (κ3) is 2.79. The minimum absolute atomic E-state index is 0.712. The average Bonchev–Trinajstić information content (AvgIpc) is 2.88. The van der Waals surface area contributed by atoms with Crippen molar-refractivity contribution < 1.29 is 4.74 Å². The fraction of sp³-hybridized carbons (Fsp3) is 0.250. The highest BCUT2D eigenvalue weighted by Crippen LogP contribution is 2.33. The van der Waals surface area contributed by atoms with Crippen molar-refractivity contribution in [1.82, 2.24) is 0 Å². The van der Waals surface area contributed by atoms with E-state index in [0.717, 1.165) is 39.5 Å². The van der Waals surface area contributed by atoms with Gasteiger partial charge in [0.1, 0.15) is 5.75 Å². The zero-order valence-electron chi connectivity index (χ0n) is 11.2. The summed E-state index contributed by atoms with van der Waals surface area (Å²) in [4.78, 5) is 0. The summed E-state index contributed by atoms with van der Waals surface area (Å²) in [5, 5.41) is 4.20. The summed E-state index contributed by atoms with van der Waals surface area (Å²) in [5.41, 5.74) is 4.63. The summed E-state index contributed by atoms with van der Waals surface area (Å²) in [6.45, 7) is 3.54. The molecule has 0 saturated carbocycles. The van der Waals surface area contributed by atoms with Crippen LogP contribution in [0, 0.1) is 6.92 Å². The molecular weight excluding hydrogens is 338 g/mol. The minimum atomic E-state index is 0.712. The van der Waals surface area contributed by atoms with E-state index in [9.17, 15) is 0 Å². The van der Waals surface area contributed by atoms with Crippen LogP contribution in [0.15, 0.2) is 34.8 Å². The van der Waals surface area contributed by atoms with E-state index in [4.69, 9.17) is 16.3 Å². The molecule has 0 fully saturated rings. The third-order valence-electron chi connectivity index (χ3n) is 3.47. The standard InChI is InChI=1S/C16H15BrClNO/c1-10-6-14(2-3-15(10)17)19-9-12-8-13(18)7-11-4-5-20-16(11)12/h2-3,6-8,19H,4-5,9H2,1H3. The van der Waals surface area contributed by atoms with E-state index < -0.39 is 0 Å². The maximum absolute atomic E-state index is 6.17. The number of benzene rings is 2. The molecule has 0 spiro atoms. The van der Waals surface area contributed by atoms with Crippen LogP contribution in [0.3, 0.4) is 0 Å². The number of rotatable bonds is 3. The van der Waals surface area contributed by atoms with Crippen LogP contribution in [-0.4, -0.2) is 6.61 Å². The number of hydrogen-bond donors (Lipinski definition) is 1. The summed E-state index contributed by atoms with van der Waals surface area (Å²) in [7, 11) is 0. The van der Waals surface area contributed by atoms with Crippen LogP contribution in [0.2, 0.25) is 5.02 Å². The summed E-state index contributed by atoms with van der Waals surface area (Å²) >= 11 is 9.68. The smallest absolute Gasteiger partial charge is 0.127 e. The van der Waals surface area contributed by atoms with E-state index >= 15 is 0 Å². The summed E-state index contributed by atoms with van der Waals surface area (Å²) < 4.78 is 6.83. The van der Waals surface area contributed by atoms with Gasteiger partial charge in [0.25, 0.3) is 0 Å². The van der Waals surface area contributed by atoms with Crippen LogP contribution >= 0.6 is 27.5 Å². The lowest BCUT2D eigenvalue weighted by Crippen LogP contribution is -2.02. The molecule has 3 rings (SSSR count). The predicted octanol–water partition coefficient (Wildman–Crippen LogP) is 4.96. The highest BCUT2D eigenvalue weighted by atomic mass is 79.9. The number of nitrogens with one attached hydrogen (secondary N) is 1. The lowest BCUT2D eigenvalue weighted by Gasteiger charge is -2.12. The Morgan fingerprint density at radius 1 is 1.30 bits per heavy atom. The molecule has 2 nitrogen and oxygen atoms in total. The van der Waals surface area contributed by atoms with Gasteiger partial charge in [0.2, 0.25) is 0 Å². The Labute approximate surface area is 132 Å². The quantitative estimate of drug-likeness (QED) is 0.843. The van der Waals surface area contributed by atoms with Crippen molar-refractivity contribution in [2.24, 2.45) is 0 Å². The topological polar surface area (TPSA) is 21.3 Å². The summed E-state index contributed by atoms with van der Waals surface area (Å²) in [5.74, 6) is 0.996. The van der Waals surface area contributed by atoms with Crippen LogP contribution in [0.4, 0.5) is 5.69 Å². The van der Waals surface area contributed by atoms with E-state index in [-0.39, 0.29) is 0 Å². The van der Waals surface area contributed by atoms with Gasteiger partial charge in [-0.05, 0) is 48.4 Å². The van der Waals surface area contributed by atoms with Gasteiger partial charge in [0.15, 0.2) is 0 Å². The van der Waals surface area contributed by atoms with Gasteiger partial charge >= 0.3 is 0 Å². The Kier molecular flexibility index (Phi) is 3.90. The number of halogens is 2. The second kappa shape index (κ2) is 5.66. The molecule has 0 atom stereocenters. The molecule has 1 aliphatic rings. The Morgan fingerprint density at radius 2 is 2.15 bits per heavy atom. The number of ether oxygens (including phenoxy) is 1. The maximum atomic E-state index is 6.17.